The molecule has 3 aromatic heterocycles. The van der Waals surface area contributed by atoms with Crippen molar-refractivity contribution in [2.45, 2.75) is 71.5 Å². The molecule has 0 saturated carbocycles. The lowest BCUT2D eigenvalue weighted by Crippen LogP contribution is -2.53. The van der Waals surface area contributed by atoms with Crippen LogP contribution in [-0.2, 0) is 40.6 Å². The number of anilines is 1. The fraction of sp³-hybridized carbons (Fsp3) is 0.282. The van der Waals surface area contributed by atoms with E-state index in [1.165, 1.54) is 13.0 Å². The van der Waals surface area contributed by atoms with E-state index >= 15 is 0 Å². The van der Waals surface area contributed by atoms with Gasteiger partial charge in [0.15, 0.2) is 0 Å². The SMILES string of the molecule is CC(=O)N(C(C)CCCCn1cc2c(-c3cc(-c4ccc(NC(=O)N5Cc6ccncc6C5)cc4)nn(CC(F)(F)F)c3=O)cccc2n1)N1C(=O)C=CC1=O. The molecule has 14 nitrogen and oxygen atoms in total. The van der Waals surface area contributed by atoms with Gasteiger partial charge in [-0.05, 0) is 73.2 Å². The summed E-state index contributed by atoms with van der Waals surface area (Å²) in [6.45, 7) is 2.74. The maximum absolute atomic E-state index is 13.7. The lowest BCUT2D eigenvalue weighted by molar-refractivity contribution is -0.170. The van der Waals surface area contributed by atoms with Gasteiger partial charge in [-0.1, -0.05) is 24.3 Å². The summed E-state index contributed by atoms with van der Waals surface area (Å²) >= 11 is 0. The lowest BCUT2D eigenvalue weighted by Gasteiger charge is -2.34. The molecular formula is C39H36F3N9O5. The van der Waals surface area contributed by atoms with Gasteiger partial charge in [0.25, 0.3) is 17.4 Å². The third-order valence-corrected chi connectivity index (χ3v) is 9.64. The zero-order valence-electron chi connectivity index (χ0n) is 30.4. The zero-order valence-corrected chi connectivity index (χ0v) is 30.4. The number of imide groups is 1. The molecule has 0 radical (unpaired) electrons. The van der Waals surface area contributed by atoms with Crippen LogP contribution in [0, 0.1) is 0 Å². The van der Waals surface area contributed by atoms with E-state index in [0.717, 1.165) is 33.3 Å². The highest BCUT2D eigenvalue weighted by Crippen LogP contribution is 2.30. The third-order valence-electron chi connectivity index (χ3n) is 9.64. The van der Waals surface area contributed by atoms with Crippen molar-refractivity contribution < 1.29 is 32.3 Å². The number of alkyl halides is 3. The van der Waals surface area contributed by atoms with Crippen LogP contribution in [0.25, 0.3) is 33.3 Å². The molecule has 17 heteroatoms. The topological polar surface area (TPSA) is 156 Å². The molecular weight excluding hydrogens is 731 g/mol. The molecule has 5 amide bonds. The smallest absolute Gasteiger partial charge is 0.316 e. The van der Waals surface area contributed by atoms with E-state index in [1.807, 2.05) is 6.07 Å². The molecule has 1 atom stereocenters. The van der Waals surface area contributed by atoms with Crippen LogP contribution >= 0.6 is 0 Å². The Balaban J connectivity index is 1.09. The molecule has 0 aliphatic carbocycles. The van der Waals surface area contributed by atoms with E-state index in [-0.39, 0.29) is 17.3 Å². The number of carbonyl (C=O) groups excluding carboxylic acids is 4. The Morgan fingerprint density at radius 1 is 0.929 bits per heavy atom. The second kappa shape index (κ2) is 15.2. The van der Waals surface area contributed by atoms with Crippen LogP contribution in [0.2, 0.25) is 0 Å². The van der Waals surface area contributed by atoms with Crippen molar-refractivity contribution in [2.75, 3.05) is 5.32 Å². The molecule has 0 spiro atoms. The monoisotopic (exact) mass is 767 g/mol. The van der Waals surface area contributed by atoms with E-state index in [2.05, 4.69) is 20.5 Å². The molecule has 5 heterocycles. The van der Waals surface area contributed by atoms with Crippen LogP contribution in [-0.4, -0.2) is 75.4 Å². The molecule has 5 aromatic rings. The number of nitrogens with one attached hydrogen (secondary N) is 1. The summed E-state index contributed by atoms with van der Waals surface area (Å²) in [6, 6.07) is 14.1. The van der Waals surface area contributed by atoms with Gasteiger partial charge >= 0.3 is 12.2 Å². The number of hydrogen-bond donors (Lipinski definition) is 1. The van der Waals surface area contributed by atoms with E-state index in [4.69, 9.17) is 0 Å². The van der Waals surface area contributed by atoms with Gasteiger partial charge < -0.3 is 10.2 Å². The Morgan fingerprint density at radius 2 is 1.66 bits per heavy atom. The Bertz CT molecular complexity index is 2400. The maximum atomic E-state index is 13.7. The van der Waals surface area contributed by atoms with Gasteiger partial charge in [-0.25, -0.2) is 14.5 Å². The first-order chi connectivity index (χ1) is 26.8. The largest absolute Gasteiger partial charge is 0.408 e. The minimum Gasteiger partial charge on any atom is -0.316 e. The normalized spacial score (nSPS) is 14.4. The molecule has 1 unspecified atom stereocenters. The van der Waals surface area contributed by atoms with Crippen molar-refractivity contribution in [2.24, 2.45) is 0 Å². The third kappa shape index (κ3) is 7.92. The first-order valence-corrected chi connectivity index (χ1v) is 17.8. The fourth-order valence-electron chi connectivity index (χ4n) is 6.97. The van der Waals surface area contributed by atoms with E-state index < -0.39 is 42.0 Å². The lowest BCUT2D eigenvalue weighted by atomic mass is 10.0. The second-order valence-corrected chi connectivity index (χ2v) is 13.7. The maximum Gasteiger partial charge on any atom is 0.408 e. The molecule has 0 fully saturated rings. The molecule has 2 aliphatic rings. The number of amides is 5. The van der Waals surface area contributed by atoms with E-state index in [1.54, 1.807) is 77.6 Å². The van der Waals surface area contributed by atoms with Gasteiger partial charge in [0, 0.05) is 73.9 Å². The Kier molecular flexibility index (Phi) is 10.2. The molecule has 0 saturated heterocycles. The van der Waals surface area contributed by atoms with Gasteiger partial charge in [0.1, 0.15) is 6.54 Å². The minimum absolute atomic E-state index is 0.00325. The quantitative estimate of drug-likeness (QED) is 0.133. The van der Waals surface area contributed by atoms with Crippen LogP contribution in [0.5, 0.6) is 0 Å². The number of aromatic nitrogens is 5. The van der Waals surface area contributed by atoms with Crippen molar-refractivity contribution in [1.82, 2.24) is 39.5 Å². The summed E-state index contributed by atoms with van der Waals surface area (Å²) in [6.07, 6.45) is 4.35. The van der Waals surface area contributed by atoms with Crippen molar-refractivity contribution in [3.05, 3.63) is 107 Å². The number of benzene rings is 2. The zero-order chi connectivity index (χ0) is 39.7. The van der Waals surface area contributed by atoms with Gasteiger partial charge in [0.2, 0.25) is 5.91 Å². The van der Waals surface area contributed by atoms with Gasteiger partial charge in [-0.2, -0.15) is 28.4 Å². The highest BCUT2D eigenvalue weighted by molar-refractivity contribution is 6.13. The predicted octanol–water partition coefficient (Wildman–Crippen LogP) is 5.68. The van der Waals surface area contributed by atoms with Crippen molar-refractivity contribution >= 4 is 40.3 Å². The highest BCUT2D eigenvalue weighted by atomic mass is 19.4. The molecule has 0 bridgehead atoms. The number of halogens is 3. The van der Waals surface area contributed by atoms with Gasteiger partial charge in [0.05, 0.1) is 22.8 Å². The van der Waals surface area contributed by atoms with Crippen LogP contribution in [0.15, 0.2) is 90.1 Å². The standard InChI is InChI=1S/C39H36F3N9O5/c1-24(50(25(2)52)51-35(53)13-14-36(51)54)6-3-4-17-48-22-32-30(7-5-8-33(32)45-48)31-18-34(46-49(37(31)55)23-39(40,41)42)26-9-11-29(12-10-26)44-38(56)47-20-27-15-16-43-19-28(27)21-47/h5,7-16,18-19,22,24H,3-4,6,17,20-21,23H2,1-2H3,(H,44,56). The van der Waals surface area contributed by atoms with Crippen molar-refractivity contribution in [1.29, 1.82) is 0 Å². The molecule has 2 aliphatic heterocycles. The molecule has 1 N–H and O–H groups in total. The molecule has 288 valence electrons. The van der Waals surface area contributed by atoms with Gasteiger partial charge in [-0.15, -0.1) is 0 Å². The first kappa shape index (κ1) is 37.7. The summed E-state index contributed by atoms with van der Waals surface area (Å²) in [5, 5.41) is 14.1. The van der Waals surface area contributed by atoms with Crippen LogP contribution in [0.4, 0.5) is 23.7 Å². The molecule has 7 rings (SSSR count). The number of hydrogen-bond acceptors (Lipinski definition) is 8. The average molecular weight is 768 g/mol. The summed E-state index contributed by atoms with van der Waals surface area (Å²) in [4.78, 5) is 69.0. The van der Waals surface area contributed by atoms with Crippen molar-refractivity contribution in [3.8, 4) is 22.4 Å². The number of rotatable bonds is 11. The summed E-state index contributed by atoms with van der Waals surface area (Å²) in [5.74, 6) is -1.60. The molecule has 56 heavy (non-hydrogen) atoms. The molecule has 2 aromatic carbocycles. The van der Waals surface area contributed by atoms with Crippen LogP contribution in [0.3, 0.4) is 0 Å². The van der Waals surface area contributed by atoms with E-state index in [0.29, 0.717) is 71.3 Å². The Labute approximate surface area is 317 Å². The van der Waals surface area contributed by atoms with Crippen LogP contribution < -0.4 is 10.9 Å². The number of hydrazine groups is 1. The minimum atomic E-state index is -4.72. The van der Waals surface area contributed by atoms with Crippen molar-refractivity contribution in [3.63, 3.8) is 0 Å². The highest BCUT2D eigenvalue weighted by Gasteiger charge is 2.34. The van der Waals surface area contributed by atoms with E-state index in [9.17, 15) is 37.1 Å². The number of aryl methyl sites for hydroxylation is 1. The summed E-state index contributed by atoms with van der Waals surface area (Å²) in [5.41, 5.74) is 2.97. The number of carbonyl (C=O) groups is 4. The van der Waals surface area contributed by atoms with Crippen LogP contribution in [0.1, 0.15) is 44.2 Å². The number of nitrogens with zero attached hydrogens (tertiary/aromatic N) is 8. The van der Waals surface area contributed by atoms with Gasteiger partial charge in [-0.3, -0.25) is 28.8 Å². The number of urea groups is 1. The Morgan fingerprint density at radius 3 is 2.36 bits per heavy atom. The average Bonchev–Trinajstić information content (AvgIpc) is 3.87. The Hall–Kier alpha value is -6.65. The predicted molar refractivity (Wildman–Crippen MR) is 198 cm³/mol. The first-order valence-electron chi connectivity index (χ1n) is 17.8. The summed E-state index contributed by atoms with van der Waals surface area (Å²) in [7, 11) is 0. The number of unbranched alkanes of at least 4 members (excludes halogenated alkanes) is 1. The number of pyridine rings is 1. The fourth-order valence-corrected chi connectivity index (χ4v) is 6.97. The second-order valence-electron chi connectivity index (χ2n) is 13.7. The summed E-state index contributed by atoms with van der Waals surface area (Å²) < 4.78 is 43.2. The number of fused-ring (bicyclic) bond motifs is 2.